The summed E-state index contributed by atoms with van der Waals surface area (Å²) in [6, 6.07) is 26.0. The number of hydrogen-bond acceptors (Lipinski definition) is 5. The van der Waals surface area contributed by atoms with E-state index in [1.807, 2.05) is 18.2 Å². The summed E-state index contributed by atoms with van der Waals surface area (Å²) in [5.41, 5.74) is 5.83. The van der Waals surface area contributed by atoms with Gasteiger partial charge in [0.1, 0.15) is 5.69 Å². The maximum absolute atomic E-state index is 11.4. The van der Waals surface area contributed by atoms with Crippen LogP contribution in [-0.2, 0) is 0 Å². The first-order valence-corrected chi connectivity index (χ1v) is 13.5. The molecule has 0 amide bonds. The van der Waals surface area contributed by atoms with Crippen molar-refractivity contribution in [3.05, 3.63) is 96.1 Å². The number of aromatic hydroxyl groups is 2. The standard InChI is InChI=1S/C33H29N3O4/c37-31-26(24-8-4-9-25(18-24)33(39)40)10-5-11-28(31)35-36-30-27-17-16-23(19-29(27)34-32(30)38)22-14-12-21(13-15-22)20-6-2-1-3-7-20/h4-5,8-20,34,37-38H,1-3,6-7H2,(H,39,40). The van der Waals surface area contributed by atoms with E-state index in [2.05, 4.69) is 39.5 Å². The van der Waals surface area contributed by atoms with Crippen molar-refractivity contribution in [1.29, 1.82) is 0 Å². The van der Waals surface area contributed by atoms with Crippen LogP contribution in [0, 0.1) is 0 Å². The molecule has 0 unspecified atom stereocenters. The van der Waals surface area contributed by atoms with Crippen LogP contribution in [0.15, 0.2) is 95.2 Å². The second-order valence-electron chi connectivity index (χ2n) is 10.3. The normalized spacial score (nSPS) is 14.2. The fourth-order valence-electron chi connectivity index (χ4n) is 5.60. The minimum atomic E-state index is -1.05. The van der Waals surface area contributed by atoms with Gasteiger partial charge in [-0.1, -0.05) is 73.9 Å². The van der Waals surface area contributed by atoms with Crippen LogP contribution < -0.4 is 0 Å². The van der Waals surface area contributed by atoms with Crippen molar-refractivity contribution in [3.63, 3.8) is 0 Å². The zero-order chi connectivity index (χ0) is 27.6. The molecule has 0 aliphatic heterocycles. The van der Waals surface area contributed by atoms with Gasteiger partial charge in [-0.15, -0.1) is 10.2 Å². The molecule has 1 heterocycles. The Labute approximate surface area is 231 Å². The van der Waals surface area contributed by atoms with Gasteiger partial charge in [-0.05, 0) is 71.3 Å². The number of aromatic amines is 1. The van der Waals surface area contributed by atoms with Crippen LogP contribution in [0.25, 0.3) is 33.2 Å². The topological polar surface area (TPSA) is 118 Å². The third kappa shape index (κ3) is 4.94. The molecule has 1 aliphatic rings. The molecule has 4 aromatic carbocycles. The summed E-state index contributed by atoms with van der Waals surface area (Å²) in [5, 5.41) is 40.0. The van der Waals surface area contributed by atoms with E-state index >= 15 is 0 Å². The summed E-state index contributed by atoms with van der Waals surface area (Å²) in [7, 11) is 0. The largest absolute Gasteiger partial charge is 0.505 e. The first kappa shape index (κ1) is 25.4. The molecule has 0 bridgehead atoms. The summed E-state index contributed by atoms with van der Waals surface area (Å²) < 4.78 is 0. The van der Waals surface area contributed by atoms with Crippen molar-refractivity contribution >= 4 is 28.2 Å². The lowest BCUT2D eigenvalue weighted by Gasteiger charge is -2.22. The lowest BCUT2D eigenvalue weighted by molar-refractivity contribution is 0.0697. The Morgan fingerprint density at radius 3 is 2.30 bits per heavy atom. The van der Waals surface area contributed by atoms with E-state index in [-0.39, 0.29) is 28.6 Å². The Kier molecular flexibility index (Phi) is 6.78. The number of aromatic nitrogens is 1. The Bertz CT molecular complexity index is 1730. The quantitative estimate of drug-likeness (QED) is 0.163. The van der Waals surface area contributed by atoms with E-state index in [0.29, 0.717) is 22.4 Å². The lowest BCUT2D eigenvalue weighted by atomic mass is 9.84. The highest BCUT2D eigenvalue weighted by Gasteiger charge is 2.17. The fraction of sp³-hybridized carbons (Fsp3) is 0.182. The summed E-state index contributed by atoms with van der Waals surface area (Å²) in [6.07, 6.45) is 6.50. The third-order valence-electron chi connectivity index (χ3n) is 7.77. The van der Waals surface area contributed by atoms with Gasteiger partial charge in [0, 0.05) is 10.9 Å². The van der Waals surface area contributed by atoms with E-state index in [9.17, 15) is 20.1 Å². The second kappa shape index (κ2) is 10.7. The average Bonchev–Trinajstić information content (AvgIpc) is 3.31. The summed E-state index contributed by atoms with van der Waals surface area (Å²) in [6.45, 7) is 0. The van der Waals surface area contributed by atoms with Crippen molar-refractivity contribution in [3.8, 4) is 33.9 Å². The number of phenolic OH excluding ortho intramolecular Hbond substituents is 1. The van der Waals surface area contributed by atoms with Gasteiger partial charge in [0.15, 0.2) is 11.4 Å². The lowest BCUT2D eigenvalue weighted by Crippen LogP contribution is -2.04. The number of nitrogens with zero attached hydrogens (tertiary/aromatic N) is 2. The summed E-state index contributed by atoms with van der Waals surface area (Å²) in [4.78, 5) is 14.4. The number of benzene rings is 4. The molecule has 1 aromatic heterocycles. The van der Waals surface area contributed by atoms with Crippen LogP contribution in [0.4, 0.5) is 11.4 Å². The van der Waals surface area contributed by atoms with E-state index in [0.717, 1.165) is 16.6 Å². The number of azo groups is 1. The van der Waals surface area contributed by atoms with Gasteiger partial charge >= 0.3 is 5.97 Å². The van der Waals surface area contributed by atoms with E-state index in [4.69, 9.17) is 0 Å². The molecule has 1 saturated carbocycles. The van der Waals surface area contributed by atoms with Crippen LogP contribution in [0.5, 0.6) is 11.6 Å². The van der Waals surface area contributed by atoms with E-state index in [1.165, 1.54) is 49.8 Å². The highest BCUT2D eigenvalue weighted by molar-refractivity contribution is 5.96. The molecule has 0 radical (unpaired) electrons. The Morgan fingerprint density at radius 2 is 1.52 bits per heavy atom. The smallest absolute Gasteiger partial charge is 0.335 e. The molecule has 6 rings (SSSR count). The highest BCUT2D eigenvalue weighted by atomic mass is 16.4. The van der Waals surface area contributed by atoms with Crippen molar-refractivity contribution < 1.29 is 20.1 Å². The molecule has 40 heavy (non-hydrogen) atoms. The number of carboxylic acids is 1. The number of para-hydroxylation sites is 1. The predicted octanol–water partition coefficient (Wildman–Crippen LogP) is 9.07. The van der Waals surface area contributed by atoms with Crippen LogP contribution in [0.2, 0.25) is 0 Å². The number of carbonyl (C=O) groups is 1. The number of phenols is 1. The number of aromatic carboxylic acids is 1. The molecule has 200 valence electrons. The SMILES string of the molecule is O=C(O)c1cccc(-c2cccc(N=Nc3c(O)[nH]c4cc(-c5ccc(C6CCCCC6)cc5)ccc34)c2O)c1. The molecular weight excluding hydrogens is 502 g/mol. The van der Waals surface area contributed by atoms with Crippen LogP contribution in [-0.4, -0.2) is 26.3 Å². The van der Waals surface area contributed by atoms with Crippen LogP contribution in [0.1, 0.15) is 53.9 Å². The van der Waals surface area contributed by atoms with Gasteiger partial charge in [0.05, 0.1) is 11.1 Å². The molecule has 0 atom stereocenters. The van der Waals surface area contributed by atoms with E-state index in [1.54, 1.807) is 30.3 Å². The Balaban J connectivity index is 1.27. The average molecular weight is 532 g/mol. The van der Waals surface area contributed by atoms with Crippen molar-refractivity contribution in [2.45, 2.75) is 38.0 Å². The number of hydrogen-bond donors (Lipinski definition) is 4. The molecule has 5 aromatic rings. The molecule has 1 aliphatic carbocycles. The second-order valence-corrected chi connectivity index (χ2v) is 10.3. The van der Waals surface area contributed by atoms with Crippen LogP contribution in [0.3, 0.4) is 0 Å². The number of nitrogens with one attached hydrogen (secondary N) is 1. The van der Waals surface area contributed by atoms with Crippen molar-refractivity contribution in [1.82, 2.24) is 4.98 Å². The Morgan fingerprint density at radius 1 is 0.775 bits per heavy atom. The zero-order valence-electron chi connectivity index (χ0n) is 21.8. The minimum absolute atomic E-state index is 0.117. The monoisotopic (exact) mass is 531 g/mol. The fourth-order valence-corrected chi connectivity index (χ4v) is 5.60. The maximum atomic E-state index is 11.4. The van der Waals surface area contributed by atoms with Gasteiger partial charge in [-0.25, -0.2) is 4.79 Å². The molecule has 1 fully saturated rings. The maximum Gasteiger partial charge on any atom is 0.335 e. The summed E-state index contributed by atoms with van der Waals surface area (Å²) in [5.74, 6) is -0.638. The molecular formula is C33H29N3O4. The predicted molar refractivity (Wildman–Crippen MR) is 156 cm³/mol. The summed E-state index contributed by atoms with van der Waals surface area (Å²) >= 11 is 0. The molecule has 0 spiro atoms. The third-order valence-corrected chi connectivity index (χ3v) is 7.77. The highest BCUT2D eigenvalue weighted by Crippen LogP contribution is 2.42. The number of H-pyrrole nitrogens is 1. The van der Waals surface area contributed by atoms with Gasteiger partial charge in [-0.2, -0.15) is 0 Å². The number of fused-ring (bicyclic) bond motifs is 1. The van der Waals surface area contributed by atoms with Gasteiger partial charge in [0.2, 0.25) is 5.88 Å². The van der Waals surface area contributed by atoms with E-state index < -0.39 is 5.97 Å². The van der Waals surface area contributed by atoms with Crippen molar-refractivity contribution in [2.24, 2.45) is 10.2 Å². The Hall–Kier alpha value is -4.91. The van der Waals surface area contributed by atoms with Gasteiger partial charge in [0.25, 0.3) is 0 Å². The molecule has 7 heteroatoms. The number of rotatable bonds is 6. The zero-order valence-corrected chi connectivity index (χ0v) is 21.8. The minimum Gasteiger partial charge on any atom is -0.505 e. The molecule has 4 N–H and O–H groups in total. The van der Waals surface area contributed by atoms with Crippen LogP contribution >= 0.6 is 0 Å². The van der Waals surface area contributed by atoms with Crippen molar-refractivity contribution in [2.75, 3.05) is 0 Å². The first-order chi connectivity index (χ1) is 19.5. The molecule has 7 nitrogen and oxygen atoms in total. The van der Waals surface area contributed by atoms with Gasteiger partial charge in [-0.3, -0.25) is 0 Å². The first-order valence-electron chi connectivity index (χ1n) is 13.5. The number of carboxylic acid groups (broad SMARTS) is 1. The van der Waals surface area contributed by atoms with Gasteiger partial charge < -0.3 is 20.3 Å². The molecule has 0 saturated heterocycles.